The van der Waals surface area contributed by atoms with Gasteiger partial charge in [-0.1, -0.05) is 37.1 Å². The van der Waals surface area contributed by atoms with E-state index in [1.165, 1.54) is 12.0 Å². The first-order chi connectivity index (χ1) is 5.59. The zero-order valence-corrected chi connectivity index (χ0v) is 8.48. The summed E-state index contributed by atoms with van der Waals surface area (Å²) < 4.78 is 0. The van der Waals surface area contributed by atoms with Gasteiger partial charge in [-0.3, -0.25) is 0 Å². The summed E-state index contributed by atoms with van der Waals surface area (Å²) in [6.45, 7) is 10.9. The van der Waals surface area contributed by atoms with Gasteiger partial charge in [0.15, 0.2) is 0 Å². The Kier molecular flexibility index (Phi) is 2.76. The van der Waals surface area contributed by atoms with Gasteiger partial charge in [-0.2, -0.15) is 0 Å². The zero-order valence-electron chi connectivity index (χ0n) is 8.48. The summed E-state index contributed by atoms with van der Waals surface area (Å²) in [6.07, 6.45) is 8.08. The molecule has 0 heteroatoms. The van der Waals surface area contributed by atoms with Crippen molar-refractivity contribution in [1.82, 2.24) is 0 Å². The van der Waals surface area contributed by atoms with E-state index in [9.17, 15) is 0 Å². The molecule has 1 radical (unpaired) electrons. The molecule has 0 aromatic heterocycles. The molecule has 0 aromatic rings. The minimum absolute atomic E-state index is 0.185. The fraction of sp³-hybridized carbons (Fsp3) is 0.583. The molecule has 1 aliphatic rings. The third-order valence-electron chi connectivity index (χ3n) is 2.70. The van der Waals surface area contributed by atoms with Crippen LogP contribution in [0.1, 0.15) is 40.0 Å². The lowest BCUT2D eigenvalue weighted by atomic mass is 9.76. The van der Waals surface area contributed by atoms with E-state index in [1.807, 2.05) is 0 Å². The maximum absolute atomic E-state index is 4.28. The van der Waals surface area contributed by atoms with Crippen molar-refractivity contribution in [3.8, 4) is 0 Å². The van der Waals surface area contributed by atoms with Crippen LogP contribution in [0, 0.1) is 12.3 Å². The highest BCUT2D eigenvalue weighted by atomic mass is 14.3. The summed E-state index contributed by atoms with van der Waals surface area (Å²) >= 11 is 0. The number of hydrogen-bond donors (Lipinski definition) is 0. The normalized spacial score (nSPS) is 29.7. The third kappa shape index (κ3) is 2.00. The Morgan fingerprint density at radius 3 is 2.67 bits per heavy atom. The van der Waals surface area contributed by atoms with E-state index >= 15 is 0 Å². The predicted molar refractivity (Wildman–Crippen MR) is 54.8 cm³/mol. The highest BCUT2D eigenvalue weighted by Crippen LogP contribution is 2.36. The van der Waals surface area contributed by atoms with Crippen molar-refractivity contribution < 1.29 is 0 Å². The van der Waals surface area contributed by atoms with Crippen LogP contribution in [0.3, 0.4) is 0 Å². The van der Waals surface area contributed by atoms with E-state index in [-0.39, 0.29) is 5.41 Å². The Balaban J connectivity index is 2.84. The first-order valence-electron chi connectivity index (χ1n) is 4.84. The zero-order chi connectivity index (χ0) is 9.19. The molecule has 0 bridgehead atoms. The molecular weight excluding hydrogens is 144 g/mol. The largest absolute Gasteiger partial charge is 0.0751 e. The molecule has 0 fully saturated rings. The van der Waals surface area contributed by atoms with Crippen LogP contribution in [0.25, 0.3) is 0 Å². The second-order valence-corrected chi connectivity index (χ2v) is 3.94. The van der Waals surface area contributed by atoms with Gasteiger partial charge in [0.25, 0.3) is 0 Å². The summed E-state index contributed by atoms with van der Waals surface area (Å²) in [5.74, 6) is 0. The van der Waals surface area contributed by atoms with Gasteiger partial charge < -0.3 is 0 Å². The van der Waals surface area contributed by atoms with Crippen LogP contribution in [0.2, 0.25) is 0 Å². The third-order valence-corrected chi connectivity index (χ3v) is 2.70. The van der Waals surface area contributed by atoms with E-state index in [0.717, 1.165) is 12.8 Å². The molecule has 1 atom stereocenters. The average molecular weight is 163 g/mol. The first kappa shape index (κ1) is 9.57. The average Bonchev–Trinajstić information content (AvgIpc) is 2.03. The highest BCUT2D eigenvalue weighted by molar-refractivity contribution is 5.31. The molecule has 0 heterocycles. The van der Waals surface area contributed by atoms with Crippen LogP contribution in [0.15, 0.2) is 23.3 Å². The minimum atomic E-state index is 0.185. The lowest BCUT2D eigenvalue weighted by molar-refractivity contribution is 0.450. The van der Waals surface area contributed by atoms with Gasteiger partial charge >= 0.3 is 0 Å². The Morgan fingerprint density at radius 1 is 1.50 bits per heavy atom. The molecule has 1 aliphatic carbocycles. The molecule has 0 aliphatic heterocycles. The van der Waals surface area contributed by atoms with Gasteiger partial charge in [-0.25, -0.2) is 0 Å². The molecule has 1 unspecified atom stereocenters. The van der Waals surface area contributed by atoms with Gasteiger partial charge in [-0.05, 0) is 38.5 Å². The van der Waals surface area contributed by atoms with Crippen LogP contribution >= 0.6 is 0 Å². The summed E-state index contributed by atoms with van der Waals surface area (Å²) in [5, 5.41) is 0. The quantitative estimate of drug-likeness (QED) is 0.579. The first-order valence-corrected chi connectivity index (χ1v) is 4.84. The Morgan fingerprint density at radius 2 is 2.17 bits per heavy atom. The smallest absolute Gasteiger partial charge is 0.00776 e. The van der Waals surface area contributed by atoms with E-state index < -0.39 is 0 Å². The van der Waals surface area contributed by atoms with Crippen LogP contribution in [-0.2, 0) is 0 Å². The molecular formula is C12H19. The van der Waals surface area contributed by atoms with Crippen LogP contribution < -0.4 is 0 Å². The number of hydrogen-bond acceptors (Lipinski definition) is 0. The Hall–Kier alpha value is -0.520. The van der Waals surface area contributed by atoms with Crippen LogP contribution in [0.4, 0.5) is 0 Å². The standard InChI is InChI=1S/C12H19/c1-5-11-7-10(3)8-12(4,6-2)9-11/h7-8H,4-6,9H2,1-3H3. The lowest BCUT2D eigenvalue weighted by Gasteiger charge is -2.29. The number of rotatable bonds is 2. The Labute approximate surface area is 76.4 Å². The summed E-state index contributed by atoms with van der Waals surface area (Å²) in [7, 11) is 0. The van der Waals surface area contributed by atoms with Crippen molar-refractivity contribution >= 4 is 0 Å². The Bertz CT molecular complexity index is 220. The lowest BCUT2D eigenvalue weighted by Crippen LogP contribution is -2.16. The molecule has 12 heavy (non-hydrogen) atoms. The molecule has 1 rings (SSSR count). The van der Waals surface area contributed by atoms with Crippen molar-refractivity contribution in [2.45, 2.75) is 40.0 Å². The van der Waals surface area contributed by atoms with Gasteiger partial charge in [-0.15, -0.1) is 0 Å². The van der Waals surface area contributed by atoms with Gasteiger partial charge in [0, 0.05) is 0 Å². The molecule has 0 spiro atoms. The molecule has 0 saturated carbocycles. The van der Waals surface area contributed by atoms with Gasteiger partial charge in [0.05, 0.1) is 0 Å². The summed E-state index contributed by atoms with van der Waals surface area (Å²) in [5.41, 5.74) is 3.12. The van der Waals surface area contributed by atoms with E-state index in [2.05, 4.69) is 39.8 Å². The summed E-state index contributed by atoms with van der Waals surface area (Å²) in [6, 6.07) is 0. The number of allylic oxidation sites excluding steroid dienone is 4. The summed E-state index contributed by atoms with van der Waals surface area (Å²) in [4.78, 5) is 0. The maximum atomic E-state index is 4.28. The van der Waals surface area contributed by atoms with Crippen molar-refractivity contribution in [2.24, 2.45) is 5.41 Å². The van der Waals surface area contributed by atoms with Crippen LogP contribution in [0.5, 0.6) is 0 Å². The maximum Gasteiger partial charge on any atom is -0.00776 e. The molecule has 0 amide bonds. The van der Waals surface area contributed by atoms with Crippen molar-refractivity contribution in [3.63, 3.8) is 0 Å². The van der Waals surface area contributed by atoms with Crippen molar-refractivity contribution in [2.75, 3.05) is 0 Å². The van der Waals surface area contributed by atoms with Crippen molar-refractivity contribution in [1.29, 1.82) is 0 Å². The topological polar surface area (TPSA) is 0 Å². The van der Waals surface area contributed by atoms with E-state index in [1.54, 1.807) is 5.57 Å². The van der Waals surface area contributed by atoms with E-state index in [0.29, 0.717) is 0 Å². The molecule has 0 nitrogen and oxygen atoms in total. The van der Waals surface area contributed by atoms with Crippen molar-refractivity contribution in [3.05, 3.63) is 30.2 Å². The van der Waals surface area contributed by atoms with Gasteiger partial charge in [0.1, 0.15) is 0 Å². The monoisotopic (exact) mass is 163 g/mol. The molecule has 0 saturated heterocycles. The predicted octanol–water partition coefficient (Wildman–Crippen LogP) is 3.90. The molecule has 0 N–H and O–H groups in total. The van der Waals surface area contributed by atoms with Gasteiger partial charge in [0.2, 0.25) is 0 Å². The fourth-order valence-corrected chi connectivity index (χ4v) is 1.85. The molecule has 67 valence electrons. The SMILES string of the molecule is [CH2]C1(CC)C=C(C)C=C(CC)C1. The highest BCUT2D eigenvalue weighted by Gasteiger charge is 2.23. The van der Waals surface area contributed by atoms with E-state index in [4.69, 9.17) is 0 Å². The second kappa shape index (κ2) is 3.47. The van der Waals surface area contributed by atoms with Crippen LogP contribution in [-0.4, -0.2) is 0 Å². The minimum Gasteiger partial charge on any atom is -0.0751 e. The molecule has 0 aromatic carbocycles. The fourth-order valence-electron chi connectivity index (χ4n) is 1.85. The second-order valence-electron chi connectivity index (χ2n) is 3.94.